The zero-order valence-electron chi connectivity index (χ0n) is 8.80. The molecule has 0 bridgehead atoms. The van der Waals surface area contributed by atoms with Crippen molar-refractivity contribution in [3.63, 3.8) is 0 Å². The summed E-state index contributed by atoms with van der Waals surface area (Å²) in [4.78, 5) is 22.0. The summed E-state index contributed by atoms with van der Waals surface area (Å²) in [5.41, 5.74) is 0. The third-order valence-corrected chi connectivity index (χ3v) is 3.46. The summed E-state index contributed by atoms with van der Waals surface area (Å²) in [6.07, 6.45) is -0.954. The first-order valence-electron chi connectivity index (χ1n) is 4.43. The number of carbonyl (C=O) groups is 2. The molecule has 9 heteroatoms. The van der Waals surface area contributed by atoms with Gasteiger partial charge in [-0.2, -0.15) is 17.4 Å². The van der Waals surface area contributed by atoms with Crippen molar-refractivity contribution < 1.29 is 27.5 Å². The van der Waals surface area contributed by atoms with Crippen molar-refractivity contribution in [2.45, 2.75) is 13.0 Å². The third kappa shape index (κ3) is 2.61. The molecule has 1 N–H and O–H groups in total. The van der Waals surface area contributed by atoms with E-state index in [-0.39, 0.29) is 13.2 Å². The number of amides is 1. The summed E-state index contributed by atoms with van der Waals surface area (Å²) in [6.45, 7) is 1.25. The average molecular weight is 252 g/mol. The molecule has 0 radical (unpaired) electrons. The largest absolute Gasteiger partial charge is 0.468 e. The molecule has 0 aliphatic carbocycles. The number of methoxy groups -OCH3 is 1. The minimum Gasteiger partial charge on any atom is -0.468 e. The molecule has 0 aromatic heterocycles. The van der Waals surface area contributed by atoms with Crippen LogP contribution in [0.25, 0.3) is 0 Å². The lowest BCUT2D eigenvalue weighted by Gasteiger charge is -2.17. The predicted molar refractivity (Wildman–Crippen MR) is 51.6 cm³/mol. The van der Waals surface area contributed by atoms with Crippen molar-refractivity contribution in [2.75, 3.05) is 20.3 Å². The third-order valence-electron chi connectivity index (χ3n) is 1.89. The maximum Gasteiger partial charge on any atom is 0.424 e. The monoisotopic (exact) mass is 252 g/mol. The molecule has 1 heterocycles. The molecule has 1 amide bonds. The summed E-state index contributed by atoms with van der Waals surface area (Å²) in [5.74, 6) is -0.740. The zero-order chi connectivity index (χ0) is 12.3. The van der Waals surface area contributed by atoms with Crippen LogP contribution in [0.4, 0.5) is 4.79 Å². The van der Waals surface area contributed by atoms with Crippen molar-refractivity contribution in [2.24, 2.45) is 0 Å². The summed E-state index contributed by atoms with van der Waals surface area (Å²) in [6, 6.07) is -1.07. The highest BCUT2D eigenvalue weighted by Gasteiger charge is 2.35. The Morgan fingerprint density at radius 1 is 1.62 bits per heavy atom. The van der Waals surface area contributed by atoms with Crippen LogP contribution in [0.15, 0.2) is 0 Å². The van der Waals surface area contributed by atoms with E-state index in [2.05, 4.69) is 9.47 Å². The van der Waals surface area contributed by atoms with Crippen LogP contribution in [-0.4, -0.2) is 51.1 Å². The van der Waals surface area contributed by atoms with Gasteiger partial charge in [0.25, 0.3) is 0 Å². The molecular weight excluding hydrogens is 240 g/mol. The Morgan fingerprint density at radius 2 is 2.25 bits per heavy atom. The van der Waals surface area contributed by atoms with Crippen LogP contribution < -0.4 is 4.72 Å². The number of hydrogen-bond donors (Lipinski definition) is 1. The first-order valence-corrected chi connectivity index (χ1v) is 5.87. The smallest absolute Gasteiger partial charge is 0.424 e. The quantitative estimate of drug-likeness (QED) is 0.633. The van der Waals surface area contributed by atoms with Gasteiger partial charge in [0.15, 0.2) is 0 Å². The van der Waals surface area contributed by atoms with Gasteiger partial charge in [-0.15, -0.1) is 0 Å². The van der Waals surface area contributed by atoms with Crippen LogP contribution in [0.3, 0.4) is 0 Å². The van der Waals surface area contributed by atoms with E-state index in [0.29, 0.717) is 4.31 Å². The summed E-state index contributed by atoms with van der Waals surface area (Å²) in [7, 11) is -2.92. The van der Waals surface area contributed by atoms with Crippen molar-refractivity contribution in [3.05, 3.63) is 0 Å². The van der Waals surface area contributed by atoms with Gasteiger partial charge in [0.1, 0.15) is 12.6 Å². The van der Waals surface area contributed by atoms with Crippen molar-refractivity contribution in [3.8, 4) is 0 Å². The van der Waals surface area contributed by atoms with Gasteiger partial charge < -0.3 is 9.47 Å². The molecule has 0 spiro atoms. The highest BCUT2D eigenvalue weighted by molar-refractivity contribution is 7.87. The molecule has 0 aromatic rings. The molecule has 0 aromatic carbocycles. The van der Waals surface area contributed by atoms with E-state index in [0.717, 1.165) is 7.11 Å². The summed E-state index contributed by atoms with van der Waals surface area (Å²) < 4.78 is 34.5. The second kappa shape index (κ2) is 4.66. The topological polar surface area (TPSA) is 102 Å². The van der Waals surface area contributed by atoms with E-state index in [1.807, 2.05) is 4.72 Å². The van der Waals surface area contributed by atoms with Gasteiger partial charge >= 0.3 is 22.3 Å². The van der Waals surface area contributed by atoms with Crippen LogP contribution in [0, 0.1) is 0 Å². The molecule has 1 aliphatic heterocycles. The highest BCUT2D eigenvalue weighted by Crippen LogP contribution is 2.08. The van der Waals surface area contributed by atoms with Gasteiger partial charge in [0.2, 0.25) is 0 Å². The first-order chi connectivity index (χ1) is 7.38. The van der Waals surface area contributed by atoms with E-state index >= 15 is 0 Å². The van der Waals surface area contributed by atoms with E-state index < -0.39 is 28.3 Å². The molecule has 16 heavy (non-hydrogen) atoms. The standard InChI is InChI=1S/C7H12N2O6S/c1-5(6(10)14-2)8-16(12,13)9-3-4-15-7(9)11/h5,8H,3-4H2,1-2H3/t5-/m1/s1. The lowest BCUT2D eigenvalue weighted by atomic mass is 10.4. The van der Waals surface area contributed by atoms with E-state index in [4.69, 9.17) is 0 Å². The Balaban J connectivity index is 2.72. The van der Waals surface area contributed by atoms with Gasteiger partial charge in [-0.1, -0.05) is 0 Å². The molecule has 0 saturated carbocycles. The van der Waals surface area contributed by atoms with Gasteiger partial charge in [0, 0.05) is 0 Å². The lowest BCUT2D eigenvalue weighted by molar-refractivity contribution is -0.142. The molecule has 1 aliphatic rings. The number of cyclic esters (lactones) is 1. The van der Waals surface area contributed by atoms with E-state index in [1.54, 1.807) is 0 Å². The molecule has 0 unspecified atom stereocenters. The van der Waals surface area contributed by atoms with Gasteiger partial charge in [0.05, 0.1) is 13.7 Å². The summed E-state index contributed by atoms with van der Waals surface area (Å²) in [5, 5.41) is 0. The minimum absolute atomic E-state index is 0.00630. The van der Waals surface area contributed by atoms with Gasteiger partial charge in [-0.25, -0.2) is 4.79 Å². The van der Waals surface area contributed by atoms with Gasteiger partial charge in [-0.3, -0.25) is 4.79 Å². The normalized spacial score (nSPS) is 18.1. The Labute approximate surface area is 92.7 Å². The average Bonchev–Trinajstić information content (AvgIpc) is 2.63. The number of ether oxygens (including phenoxy) is 2. The molecule has 92 valence electrons. The fraction of sp³-hybridized carbons (Fsp3) is 0.714. The highest BCUT2D eigenvalue weighted by atomic mass is 32.2. The molecule has 1 fully saturated rings. The first kappa shape index (κ1) is 12.7. The Kier molecular flexibility index (Phi) is 3.70. The van der Waals surface area contributed by atoms with Crippen LogP contribution >= 0.6 is 0 Å². The second-order valence-corrected chi connectivity index (χ2v) is 4.68. The Morgan fingerprint density at radius 3 is 2.69 bits per heavy atom. The number of rotatable bonds is 4. The van der Waals surface area contributed by atoms with Gasteiger partial charge in [-0.05, 0) is 6.92 Å². The Hall–Kier alpha value is -1.35. The number of nitrogens with zero attached hydrogens (tertiary/aromatic N) is 1. The van der Waals surface area contributed by atoms with E-state index in [9.17, 15) is 18.0 Å². The fourth-order valence-electron chi connectivity index (χ4n) is 1.11. The van der Waals surface area contributed by atoms with Crippen LogP contribution in [-0.2, 0) is 24.5 Å². The maximum absolute atomic E-state index is 11.6. The molecule has 1 atom stereocenters. The SMILES string of the molecule is COC(=O)[C@@H](C)NS(=O)(=O)N1CCOC1=O. The summed E-state index contributed by atoms with van der Waals surface area (Å²) >= 11 is 0. The van der Waals surface area contributed by atoms with Crippen molar-refractivity contribution in [1.82, 2.24) is 9.03 Å². The fourth-order valence-corrected chi connectivity index (χ4v) is 2.34. The number of nitrogens with one attached hydrogen (secondary N) is 1. The van der Waals surface area contributed by atoms with E-state index in [1.165, 1.54) is 6.92 Å². The second-order valence-electron chi connectivity index (χ2n) is 3.05. The number of carbonyl (C=O) groups excluding carboxylic acids is 2. The zero-order valence-corrected chi connectivity index (χ0v) is 9.61. The minimum atomic E-state index is -4.06. The number of esters is 1. The van der Waals surface area contributed by atoms with Crippen LogP contribution in [0.1, 0.15) is 6.92 Å². The Bertz CT molecular complexity index is 392. The maximum atomic E-state index is 11.6. The lowest BCUT2D eigenvalue weighted by Crippen LogP contribution is -2.47. The van der Waals surface area contributed by atoms with Crippen molar-refractivity contribution in [1.29, 1.82) is 0 Å². The molecule has 1 rings (SSSR count). The van der Waals surface area contributed by atoms with Crippen LogP contribution in [0.2, 0.25) is 0 Å². The molecule has 1 saturated heterocycles. The van der Waals surface area contributed by atoms with Crippen LogP contribution in [0.5, 0.6) is 0 Å². The predicted octanol–water partition coefficient (Wildman–Crippen LogP) is -1.17. The van der Waals surface area contributed by atoms with Crippen molar-refractivity contribution >= 4 is 22.3 Å². The molecular formula is C7H12N2O6S. The number of hydrogen-bond acceptors (Lipinski definition) is 6. The molecule has 8 nitrogen and oxygen atoms in total.